The van der Waals surface area contributed by atoms with Gasteiger partial charge in [0.05, 0.1) is 12.2 Å². The Morgan fingerprint density at radius 1 is 1.44 bits per heavy atom. The van der Waals surface area contributed by atoms with E-state index in [2.05, 4.69) is 52.5 Å². The van der Waals surface area contributed by atoms with Crippen LogP contribution in [0.25, 0.3) is 0 Å². The summed E-state index contributed by atoms with van der Waals surface area (Å²) >= 11 is 1.83. The zero-order valence-corrected chi connectivity index (χ0v) is 12.1. The van der Waals surface area contributed by atoms with Crippen LogP contribution in [0.15, 0.2) is 23.6 Å². The highest BCUT2D eigenvalue weighted by molar-refractivity contribution is 7.09. The molecule has 0 radical (unpaired) electrons. The highest BCUT2D eigenvalue weighted by atomic mass is 32.1. The van der Waals surface area contributed by atoms with Crippen molar-refractivity contribution in [2.24, 2.45) is 0 Å². The van der Waals surface area contributed by atoms with Gasteiger partial charge in [0.2, 0.25) is 0 Å². The lowest BCUT2D eigenvalue weighted by molar-refractivity contribution is 0.447. The number of aromatic nitrogens is 2. The zero-order valence-electron chi connectivity index (χ0n) is 11.3. The van der Waals surface area contributed by atoms with Gasteiger partial charge in [-0.25, -0.2) is 0 Å². The minimum absolute atomic E-state index is 0.447. The van der Waals surface area contributed by atoms with Crippen molar-refractivity contribution in [2.75, 3.05) is 6.54 Å². The molecule has 2 heterocycles. The lowest BCUT2D eigenvalue weighted by Gasteiger charge is -2.14. The van der Waals surface area contributed by atoms with E-state index in [1.165, 1.54) is 10.6 Å². The van der Waals surface area contributed by atoms with Crippen molar-refractivity contribution in [3.8, 4) is 0 Å². The minimum Gasteiger partial charge on any atom is -0.312 e. The molecule has 1 atom stereocenters. The maximum absolute atomic E-state index is 4.49. The van der Waals surface area contributed by atoms with Crippen molar-refractivity contribution < 1.29 is 0 Å². The van der Waals surface area contributed by atoms with Crippen LogP contribution in [0.4, 0.5) is 0 Å². The van der Waals surface area contributed by atoms with E-state index >= 15 is 0 Å². The molecule has 0 fully saturated rings. The van der Waals surface area contributed by atoms with Crippen molar-refractivity contribution in [2.45, 2.75) is 39.8 Å². The summed E-state index contributed by atoms with van der Waals surface area (Å²) in [5, 5.41) is 10.2. The number of hydrogen-bond acceptors (Lipinski definition) is 3. The molecule has 2 aromatic rings. The molecule has 0 saturated heterocycles. The normalized spacial score (nSPS) is 12.8. The van der Waals surface area contributed by atoms with Gasteiger partial charge in [0.15, 0.2) is 0 Å². The highest BCUT2D eigenvalue weighted by Crippen LogP contribution is 2.08. The molecule has 0 amide bonds. The fourth-order valence-corrected chi connectivity index (χ4v) is 2.79. The van der Waals surface area contributed by atoms with E-state index in [4.69, 9.17) is 0 Å². The summed E-state index contributed by atoms with van der Waals surface area (Å²) in [4.78, 5) is 1.45. The molecule has 0 aliphatic carbocycles. The van der Waals surface area contributed by atoms with Gasteiger partial charge in [-0.15, -0.1) is 11.3 Å². The van der Waals surface area contributed by atoms with Gasteiger partial charge in [0.1, 0.15) is 0 Å². The topological polar surface area (TPSA) is 29.9 Å². The Bertz CT molecular complexity index is 473. The van der Waals surface area contributed by atoms with Crippen LogP contribution in [-0.4, -0.2) is 22.4 Å². The number of thiophene rings is 1. The van der Waals surface area contributed by atoms with E-state index in [1.54, 1.807) is 0 Å². The average Bonchev–Trinajstić information content (AvgIpc) is 2.90. The van der Waals surface area contributed by atoms with E-state index in [1.807, 2.05) is 18.3 Å². The molecule has 0 saturated carbocycles. The van der Waals surface area contributed by atoms with Gasteiger partial charge >= 0.3 is 0 Å². The standard InChI is InChI=1S/C14H21N3S/c1-11-9-13(3)17(16-11)10-12(2)15-7-6-14-5-4-8-18-14/h4-5,8-9,12,15H,6-7,10H2,1-3H3. The van der Waals surface area contributed by atoms with Crippen molar-refractivity contribution in [1.82, 2.24) is 15.1 Å². The molecule has 4 heteroatoms. The number of nitrogens with zero attached hydrogens (tertiary/aromatic N) is 2. The van der Waals surface area contributed by atoms with E-state index in [0.717, 1.165) is 25.2 Å². The van der Waals surface area contributed by atoms with Crippen LogP contribution < -0.4 is 5.32 Å². The van der Waals surface area contributed by atoms with Gasteiger partial charge in [0.25, 0.3) is 0 Å². The first-order chi connectivity index (χ1) is 8.65. The van der Waals surface area contributed by atoms with E-state index in [-0.39, 0.29) is 0 Å². The first kappa shape index (κ1) is 13.3. The summed E-state index contributed by atoms with van der Waals surface area (Å²) in [6, 6.07) is 6.87. The van der Waals surface area contributed by atoms with E-state index in [0.29, 0.717) is 6.04 Å². The summed E-state index contributed by atoms with van der Waals surface area (Å²) < 4.78 is 2.08. The second-order valence-electron chi connectivity index (χ2n) is 4.79. The smallest absolute Gasteiger partial charge is 0.0596 e. The number of aryl methyl sites for hydroxylation is 2. The van der Waals surface area contributed by atoms with Crippen molar-refractivity contribution in [3.63, 3.8) is 0 Å². The molecule has 0 aromatic carbocycles. The molecule has 0 aliphatic heterocycles. The first-order valence-corrected chi connectivity index (χ1v) is 7.30. The van der Waals surface area contributed by atoms with E-state index in [9.17, 15) is 0 Å². The number of nitrogens with one attached hydrogen (secondary N) is 1. The third-order valence-corrected chi connectivity index (χ3v) is 3.93. The number of rotatable bonds is 6. The Morgan fingerprint density at radius 2 is 2.28 bits per heavy atom. The molecule has 0 spiro atoms. The Labute approximate surface area is 113 Å². The quantitative estimate of drug-likeness (QED) is 0.868. The van der Waals surface area contributed by atoms with Crippen LogP contribution in [-0.2, 0) is 13.0 Å². The third kappa shape index (κ3) is 3.68. The molecule has 2 aromatic heterocycles. The molecule has 2 rings (SSSR count). The Hall–Kier alpha value is -1.13. The van der Waals surface area contributed by atoms with Crippen molar-refractivity contribution in [3.05, 3.63) is 39.8 Å². The second kappa shape index (κ2) is 6.16. The molecule has 0 bridgehead atoms. The summed E-state index contributed by atoms with van der Waals surface area (Å²) in [5.41, 5.74) is 2.33. The van der Waals surface area contributed by atoms with Crippen molar-refractivity contribution in [1.29, 1.82) is 0 Å². The van der Waals surface area contributed by atoms with Gasteiger partial charge < -0.3 is 5.32 Å². The summed E-state index contributed by atoms with van der Waals surface area (Å²) in [7, 11) is 0. The maximum atomic E-state index is 4.49. The molecule has 1 N–H and O–H groups in total. The lowest BCUT2D eigenvalue weighted by atomic mass is 10.3. The monoisotopic (exact) mass is 263 g/mol. The van der Waals surface area contributed by atoms with Crippen LogP contribution in [0, 0.1) is 13.8 Å². The van der Waals surface area contributed by atoms with Gasteiger partial charge in [-0.05, 0) is 44.7 Å². The van der Waals surface area contributed by atoms with Crippen LogP contribution in [0.3, 0.4) is 0 Å². The van der Waals surface area contributed by atoms with Crippen LogP contribution in [0.1, 0.15) is 23.2 Å². The summed E-state index contributed by atoms with van der Waals surface area (Å²) in [6.07, 6.45) is 1.11. The van der Waals surface area contributed by atoms with Crippen molar-refractivity contribution >= 4 is 11.3 Å². The summed E-state index contributed by atoms with van der Waals surface area (Å²) in [5.74, 6) is 0. The lowest BCUT2D eigenvalue weighted by Crippen LogP contribution is -2.32. The minimum atomic E-state index is 0.447. The summed E-state index contributed by atoms with van der Waals surface area (Å²) in [6.45, 7) is 8.33. The SMILES string of the molecule is Cc1cc(C)n(CC(C)NCCc2cccs2)n1. The van der Waals surface area contributed by atoms with Gasteiger partial charge in [0, 0.05) is 23.2 Å². The fraction of sp³-hybridized carbons (Fsp3) is 0.500. The molecule has 1 unspecified atom stereocenters. The van der Waals surface area contributed by atoms with Gasteiger partial charge in [-0.3, -0.25) is 4.68 Å². The average molecular weight is 263 g/mol. The Balaban J connectivity index is 1.75. The molecular weight excluding hydrogens is 242 g/mol. The molecular formula is C14H21N3S. The van der Waals surface area contributed by atoms with Crippen LogP contribution in [0.5, 0.6) is 0 Å². The maximum Gasteiger partial charge on any atom is 0.0596 e. The molecule has 98 valence electrons. The van der Waals surface area contributed by atoms with Gasteiger partial charge in [-0.2, -0.15) is 5.10 Å². The second-order valence-corrected chi connectivity index (χ2v) is 5.83. The van der Waals surface area contributed by atoms with Gasteiger partial charge in [-0.1, -0.05) is 6.07 Å². The Morgan fingerprint density at radius 3 is 2.89 bits per heavy atom. The van der Waals surface area contributed by atoms with Crippen LogP contribution >= 0.6 is 11.3 Å². The predicted molar refractivity (Wildman–Crippen MR) is 77.2 cm³/mol. The van der Waals surface area contributed by atoms with Crippen LogP contribution in [0.2, 0.25) is 0 Å². The largest absolute Gasteiger partial charge is 0.312 e. The first-order valence-electron chi connectivity index (χ1n) is 6.42. The molecule has 0 aliphatic rings. The Kier molecular flexibility index (Phi) is 4.55. The molecule has 3 nitrogen and oxygen atoms in total. The fourth-order valence-electron chi connectivity index (χ4n) is 2.08. The molecule has 18 heavy (non-hydrogen) atoms. The predicted octanol–water partition coefficient (Wildman–Crippen LogP) is 2.78. The third-order valence-electron chi connectivity index (χ3n) is 2.99. The number of hydrogen-bond donors (Lipinski definition) is 1. The van der Waals surface area contributed by atoms with E-state index < -0.39 is 0 Å². The highest BCUT2D eigenvalue weighted by Gasteiger charge is 2.06. The zero-order chi connectivity index (χ0) is 13.0.